The summed E-state index contributed by atoms with van der Waals surface area (Å²) >= 11 is 0. The highest BCUT2D eigenvalue weighted by molar-refractivity contribution is 5.80. The molecule has 0 saturated carbocycles. The van der Waals surface area contributed by atoms with E-state index in [0.29, 0.717) is 23.0 Å². The third-order valence-electron chi connectivity index (χ3n) is 4.74. The molecular formula is C21H22FN5O3. The number of tetrazole rings is 1. The van der Waals surface area contributed by atoms with Crippen LogP contribution in [-0.2, 0) is 17.8 Å². The number of para-hydroxylation sites is 1. The van der Waals surface area contributed by atoms with Crippen LogP contribution in [0.15, 0.2) is 42.5 Å². The fourth-order valence-electron chi connectivity index (χ4n) is 3.36. The van der Waals surface area contributed by atoms with Gasteiger partial charge < -0.3 is 14.8 Å². The summed E-state index contributed by atoms with van der Waals surface area (Å²) in [5, 5.41) is 14.1. The standard InChI is InChI=1S/C21H22FN5O3/c1-13(29-17-9-4-6-14-11-21(2,3)30-19(14)17)20(28)23-12-18-24-25-26-27(18)16-8-5-7-15(22)10-16/h4-10,13H,11-12H2,1-3H3,(H,23,28). The molecule has 0 fully saturated rings. The molecule has 4 rings (SSSR count). The van der Waals surface area contributed by atoms with Crippen LogP contribution in [-0.4, -0.2) is 37.8 Å². The zero-order valence-electron chi connectivity index (χ0n) is 16.9. The van der Waals surface area contributed by atoms with Crippen molar-refractivity contribution in [2.45, 2.75) is 45.4 Å². The maximum atomic E-state index is 13.5. The fourth-order valence-corrected chi connectivity index (χ4v) is 3.36. The van der Waals surface area contributed by atoms with E-state index in [2.05, 4.69) is 20.8 Å². The predicted molar refractivity (Wildman–Crippen MR) is 106 cm³/mol. The zero-order valence-corrected chi connectivity index (χ0v) is 16.9. The summed E-state index contributed by atoms with van der Waals surface area (Å²) in [5.41, 5.74) is 1.22. The number of benzene rings is 2. The monoisotopic (exact) mass is 411 g/mol. The van der Waals surface area contributed by atoms with E-state index in [1.807, 2.05) is 26.0 Å². The van der Waals surface area contributed by atoms with Gasteiger partial charge in [0, 0.05) is 12.0 Å². The molecule has 1 N–H and O–H groups in total. The van der Waals surface area contributed by atoms with Crippen LogP contribution in [0, 0.1) is 5.82 Å². The van der Waals surface area contributed by atoms with Crippen molar-refractivity contribution in [1.29, 1.82) is 0 Å². The Morgan fingerprint density at radius 2 is 2.13 bits per heavy atom. The Balaban J connectivity index is 1.41. The SMILES string of the molecule is CC(Oc1cccc2c1OC(C)(C)C2)C(=O)NCc1nnnn1-c1cccc(F)c1. The highest BCUT2D eigenvalue weighted by Crippen LogP contribution is 2.42. The minimum absolute atomic E-state index is 0.0620. The molecule has 9 heteroatoms. The number of rotatable bonds is 6. The van der Waals surface area contributed by atoms with Gasteiger partial charge in [0.25, 0.3) is 5.91 Å². The van der Waals surface area contributed by atoms with E-state index < -0.39 is 11.9 Å². The number of halogens is 1. The summed E-state index contributed by atoms with van der Waals surface area (Å²) in [4.78, 5) is 12.6. The van der Waals surface area contributed by atoms with Gasteiger partial charge in [-0.1, -0.05) is 18.2 Å². The van der Waals surface area contributed by atoms with Crippen molar-refractivity contribution in [2.24, 2.45) is 0 Å². The first kappa shape index (κ1) is 19.8. The molecule has 1 aliphatic rings. The molecule has 30 heavy (non-hydrogen) atoms. The molecule has 1 amide bonds. The van der Waals surface area contributed by atoms with Crippen LogP contribution in [0.4, 0.5) is 4.39 Å². The summed E-state index contributed by atoms with van der Waals surface area (Å²) in [6.07, 6.45) is 0.0189. The van der Waals surface area contributed by atoms with Crippen LogP contribution in [0.25, 0.3) is 5.69 Å². The second kappa shape index (κ2) is 7.74. The molecule has 0 aliphatic carbocycles. The summed E-state index contributed by atoms with van der Waals surface area (Å²) < 4.78 is 26.7. The lowest BCUT2D eigenvalue weighted by Crippen LogP contribution is -2.36. The number of aromatic nitrogens is 4. The quantitative estimate of drug-likeness (QED) is 0.671. The normalized spacial score (nSPS) is 15.2. The molecule has 8 nitrogen and oxygen atoms in total. The number of hydrogen-bond acceptors (Lipinski definition) is 6. The van der Waals surface area contributed by atoms with Crippen molar-refractivity contribution in [2.75, 3.05) is 0 Å². The van der Waals surface area contributed by atoms with Crippen LogP contribution < -0.4 is 14.8 Å². The average Bonchev–Trinajstić information content (AvgIpc) is 3.29. The maximum absolute atomic E-state index is 13.5. The number of ether oxygens (including phenoxy) is 2. The zero-order chi connectivity index (χ0) is 21.3. The predicted octanol–water partition coefficient (Wildman–Crippen LogP) is 2.60. The van der Waals surface area contributed by atoms with Gasteiger partial charge in [-0.3, -0.25) is 4.79 Å². The maximum Gasteiger partial charge on any atom is 0.261 e. The first-order valence-electron chi connectivity index (χ1n) is 9.61. The third-order valence-corrected chi connectivity index (χ3v) is 4.74. The second-order valence-corrected chi connectivity index (χ2v) is 7.75. The Hall–Kier alpha value is -3.49. The molecule has 0 spiro atoms. The number of fused-ring (bicyclic) bond motifs is 1. The van der Waals surface area contributed by atoms with Crippen molar-refractivity contribution in [3.8, 4) is 17.2 Å². The lowest BCUT2D eigenvalue weighted by Gasteiger charge is -2.20. The van der Waals surface area contributed by atoms with Gasteiger partial charge in [0.15, 0.2) is 23.4 Å². The van der Waals surface area contributed by atoms with Crippen LogP contribution in [0.1, 0.15) is 32.2 Å². The molecule has 0 bridgehead atoms. The summed E-state index contributed by atoms with van der Waals surface area (Å²) in [6.45, 7) is 5.74. The third kappa shape index (κ3) is 4.10. The number of nitrogens with one attached hydrogen (secondary N) is 1. The molecule has 1 aromatic heterocycles. The molecule has 1 atom stereocenters. The number of nitrogens with zero attached hydrogens (tertiary/aromatic N) is 4. The first-order chi connectivity index (χ1) is 14.3. The molecule has 1 aliphatic heterocycles. The molecule has 156 valence electrons. The van der Waals surface area contributed by atoms with Crippen LogP contribution in [0.2, 0.25) is 0 Å². The Morgan fingerprint density at radius 1 is 1.33 bits per heavy atom. The van der Waals surface area contributed by atoms with Gasteiger partial charge >= 0.3 is 0 Å². The topological polar surface area (TPSA) is 91.2 Å². The molecule has 3 aromatic rings. The highest BCUT2D eigenvalue weighted by atomic mass is 19.1. The molecule has 0 radical (unpaired) electrons. The van der Waals surface area contributed by atoms with Crippen molar-refractivity contribution in [3.63, 3.8) is 0 Å². The van der Waals surface area contributed by atoms with Gasteiger partial charge in [-0.2, -0.15) is 4.68 Å². The van der Waals surface area contributed by atoms with Gasteiger partial charge in [-0.15, -0.1) is 5.10 Å². The molecule has 0 saturated heterocycles. The Bertz CT molecular complexity index is 1080. The first-order valence-corrected chi connectivity index (χ1v) is 9.61. The Kier molecular flexibility index (Phi) is 5.11. The van der Waals surface area contributed by atoms with E-state index in [9.17, 15) is 9.18 Å². The van der Waals surface area contributed by atoms with E-state index in [-0.39, 0.29) is 18.1 Å². The lowest BCUT2D eigenvalue weighted by molar-refractivity contribution is -0.127. The van der Waals surface area contributed by atoms with Gasteiger partial charge in [0.2, 0.25) is 0 Å². The highest BCUT2D eigenvalue weighted by Gasteiger charge is 2.33. The van der Waals surface area contributed by atoms with Gasteiger partial charge in [-0.25, -0.2) is 4.39 Å². The van der Waals surface area contributed by atoms with Crippen LogP contribution >= 0.6 is 0 Å². The van der Waals surface area contributed by atoms with Gasteiger partial charge in [0.1, 0.15) is 11.4 Å². The van der Waals surface area contributed by atoms with Crippen molar-refractivity contribution in [1.82, 2.24) is 25.5 Å². The number of carbonyl (C=O) groups is 1. The van der Waals surface area contributed by atoms with Gasteiger partial charge in [-0.05, 0) is 55.5 Å². The van der Waals surface area contributed by atoms with Crippen LogP contribution in [0.5, 0.6) is 11.5 Å². The number of amides is 1. The molecular weight excluding hydrogens is 389 g/mol. The molecule has 2 heterocycles. The van der Waals surface area contributed by atoms with E-state index in [1.165, 1.54) is 16.8 Å². The minimum atomic E-state index is -0.762. The van der Waals surface area contributed by atoms with Gasteiger partial charge in [0.05, 0.1) is 12.2 Å². The van der Waals surface area contributed by atoms with Crippen molar-refractivity contribution in [3.05, 3.63) is 59.7 Å². The van der Waals surface area contributed by atoms with Crippen LogP contribution in [0.3, 0.4) is 0 Å². The summed E-state index contributed by atoms with van der Waals surface area (Å²) in [7, 11) is 0. The molecule has 2 aromatic carbocycles. The smallest absolute Gasteiger partial charge is 0.261 e. The Morgan fingerprint density at radius 3 is 2.93 bits per heavy atom. The van der Waals surface area contributed by atoms with E-state index >= 15 is 0 Å². The molecule has 1 unspecified atom stereocenters. The largest absolute Gasteiger partial charge is 0.483 e. The average molecular weight is 411 g/mol. The summed E-state index contributed by atoms with van der Waals surface area (Å²) in [5.74, 6) is 0.841. The van der Waals surface area contributed by atoms with E-state index in [1.54, 1.807) is 25.1 Å². The fraction of sp³-hybridized carbons (Fsp3) is 0.333. The Labute approximate surface area is 173 Å². The summed E-state index contributed by atoms with van der Waals surface area (Å²) in [6, 6.07) is 11.5. The lowest BCUT2D eigenvalue weighted by atomic mass is 10.0. The number of carbonyl (C=O) groups excluding carboxylic acids is 1. The minimum Gasteiger partial charge on any atom is -0.483 e. The van der Waals surface area contributed by atoms with E-state index in [0.717, 1.165) is 12.0 Å². The van der Waals surface area contributed by atoms with Crippen molar-refractivity contribution < 1.29 is 18.7 Å². The second-order valence-electron chi connectivity index (χ2n) is 7.75. The van der Waals surface area contributed by atoms with Crippen molar-refractivity contribution >= 4 is 5.91 Å². The van der Waals surface area contributed by atoms with E-state index in [4.69, 9.17) is 9.47 Å². The number of hydrogen-bond donors (Lipinski definition) is 1.